The van der Waals surface area contributed by atoms with E-state index in [1.807, 2.05) is 0 Å². The van der Waals surface area contributed by atoms with Gasteiger partial charge < -0.3 is 13.9 Å². The molecular weight excluding hydrogens is 362 g/mol. The molecular formula is C21H17NO6. The lowest BCUT2D eigenvalue weighted by Gasteiger charge is -2.07. The summed E-state index contributed by atoms with van der Waals surface area (Å²) in [7, 11) is 3.01. The number of ketones is 1. The lowest BCUT2D eigenvalue weighted by Crippen LogP contribution is -1.99. The molecule has 1 aromatic heterocycles. The van der Waals surface area contributed by atoms with Crippen LogP contribution in [0.2, 0.25) is 0 Å². The first-order valence-corrected chi connectivity index (χ1v) is 8.31. The number of nitro groups is 1. The number of furan rings is 1. The van der Waals surface area contributed by atoms with E-state index >= 15 is 0 Å². The number of non-ortho nitro benzene ring substituents is 1. The molecule has 0 aliphatic rings. The summed E-state index contributed by atoms with van der Waals surface area (Å²) in [5.41, 5.74) is 1.08. The highest BCUT2D eigenvalue weighted by atomic mass is 16.6. The number of benzene rings is 2. The van der Waals surface area contributed by atoms with Crippen molar-refractivity contribution in [3.05, 3.63) is 82.1 Å². The highest BCUT2D eigenvalue weighted by molar-refractivity contribution is 6.08. The fraction of sp³-hybridized carbons (Fsp3) is 0.0952. The predicted molar refractivity (Wildman–Crippen MR) is 104 cm³/mol. The molecule has 0 unspecified atom stereocenters. The van der Waals surface area contributed by atoms with Crippen molar-refractivity contribution in [1.29, 1.82) is 0 Å². The van der Waals surface area contributed by atoms with Gasteiger partial charge >= 0.3 is 0 Å². The SMILES string of the molecule is COc1ccc(OC)c(C(=O)/C=C/c2ccc(-c3ccc([N+](=O)[O-])cc3)o2)c1. The molecule has 142 valence electrons. The number of methoxy groups -OCH3 is 2. The second-order valence-corrected chi connectivity index (χ2v) is 5.77. The van der Waals surface area contributed by atoms with Crippen LogP contribution in [0, 0.1) is 10.1 Å². The second-order valence-electron chi connectivity index (χ2n) is 5.77. The molecule has 0 atom stereocenters. The van der Waals surface area contributed by atoms with Gasteiger partial charge in [0.1, 0.15) is 23.0 Å². The average molecular weight is 379 g/mol. The standard InChI is InChI=1S/C21H17NO6/c1-26-17-9-12-21(27-2)18(13-17)19(23)10-7-16-8-11-20(28-16)14-3-5-15(6-4-14)22(24)25/h3-13H,1-2H3/b10-7+. The van der Waals surface area contributed by atoms with Crippen LogP contribution >= 0.6 is 0 Å². The van der Waals surface area contributed by atoms with Crippen molar-refractivity contribution < 1.29 is 23.6 Å². The minimum atomic E-state index is -0.460. The average Bonchev–Trinajstić information content (AvgIpc) is 3.20. The Bertz CT molecular complexity index is 1030. The van der Waals surface area contributed by atoms with Gasteiger partial charge in [-0.3, -0.25) is 14.9 Å². The number of allylic oxidation sites excluding steroid dienone is 1. The largest absolute Gasteiger partial charge is 0.497 e. The first kappa shape index (κ1) is 18.9. The molecule has 0 amide bonds. The first-order chi connectivity index (χ1) is 13.5. The Kier molecular flexibility index (Phi) is 5.55. The molecule has 3 rings (SSSR count). The van der Waals surface area contributed by atoms with Gasteiger partial charge in [-0.15, -0.1) is 0 Å². The quantitative estimate of drug-likeness (QED) is 0.254. The van der Waals surface area contributed by atoms with Crippen LogP contribution in [0.1, 0.15) is 16.1 Å². The topological polar surface area (TPSA) is 91.8 Å². The third-order valence-corrected chi connectivity index (χ3v) is 4.06. The zero-order valence-electron chi connectivity index (χ0n) is 15.2. The lowest BCUT2D eigenvalue weighted by atomic mass is 10.1. The zero-order chi connectivity index (χ0) is 20.1. The molecule has 0 saturated heterocycles. The predicted octanol–water partition coefficient (Wildman–Crippen LogP) is 4.77. The maximum Gasteiger partial charge on any atom is 0.269 e. The molecule has 0 radical (unpaired) electrons. The van der Waals surface area contributed by atoms with E-state index in [1.165, 1.54) is 32.4 Å². The monoisotopic (exact) mass is 379 g/mol. The van der Waals surface area contributed by atoms with E-state index in [1.54, 1.807) is 48.5 Å². The van der Waals surface area contributed by atoms with Gasteiger partial charge in [0, 0.05) is 17.7 Å². The zero-order valence-corrected chi connectivity index (χ0v) is 15.2. The Balaban J connectivity index is 1.78. The van der Waals surface area contributed by atoms with Crippen LogP contribution in [0.3, 0.4) is 0 Å². The minimum absolute atomic E-state index is 0.00765. The number of nitrogens with zero attached hydrogens (tertiary/aromatic N) is 1. The summed E-state index contributed by atoms with van der Waals surface area (Å²) < 4.78 is 16.1. The van der Waals surface area contributed by atoms with Crippen LogP contribution in [-0.2, 0) is 0 Å². The molecule has 0 bridgehead atoms. The molecule has 7 heteroatoms. The van der Waals surface area contributed by atoms with E-state index in [0.717, 1.165) is 0 Å². The minimum Gasteiger partial charge on any atom is -0.497 e. The molecule has 3 aromatic rings. The summed E-state index contributed by atoms with van der Waals surface area (Å²) in [6, 6.07) is 14.5. The van der Waals surface area contributed by atoms with Gasteiger partial charge in [0.15, 0.2) is 5.78 Å². The number of hydrogen-bond donors (Lipinski definition) is 0. The van der Waals surface area contributed by atoms with Gasteiger partial charge in [-0.1, -0.05) is 0 Å². The van der Waals surface area contributed by atoms with Crippen molar-refractivity contribution in [3.8, 4) is 22.8 Å². The number of rotatable bonds is 7. The van der Waals surface area contributed by atoms with Crippen molar-refractivity contribution in [2.45, 2.75) is 0 Å². The number of carbonyl (C=O) groups excluding carboxylic acids is 1. The van der Waals surface area contributed by atoms with Gasteiger partial charge in [0.25, 0.3) is 5.69 Å². The summed E-state index contributed by atoms with van der Waals surface area (Å²) in [5.74, 6) is 1.76. The van der Waals surface area contributed by atoms with E-state index in [4.69, 9.17) is 13.9 Å². The molecule has 0 aliphatic heterocycles. The van der Waals surface area contributed by atoms with E-state index in [-0.39, 0.29) is 11.5 Å². The van der Waals surface area contributed by atoms with Crippen molar-refractivity contribution >= 4 is 17.5 Å². The van der Waals surface area contributed by atoms with Gasteiger partial charge in [-0.05, 0) is 54.6 Å². The Morgan fingerprint density at radius 2 is 1.79 bits per heavy atom. The summed E-state index contributed by atoms with van der Waals surface area (Å²) in [5, 5.41) is 10.7. The number of carbonyl (C=O) groups is 1. The molecule has 28 heavy (non-hydrogen) atoms. The van der Waals surface area contributed by atoms with Crippen molar-refractivity contribution in [2.75, 3.05) is 14.2 Å². The second kappa shape index (κ2) is 8.22. The lowest BCUT2D eigenvalue weighted by molar-refractivity contribution is -0.384. The van der Waals surface area contributed by atoms with Crippen molar-refractivity contribution in [2.24, 2.45) is 0 Å². The Labute approximate surface area is 161 Å². The van der Waals surface area contributed by atoms with Crippen LogP contribution in [0.15, 0.2) is 65.1 Å². The van der Waals surface area contributed by atoms with E-state index < -0.39 is 4.92 Å². The number of ether oxygens (including phenoxy) is 2. The molecule has 0 N–H and O–H groups in total. The van der Waals surface area contributed by atoms with Crippen LogP contribution in [0.5, 0.6) is 11.5 Å². The number of nitro benzene ring substituents is 1. The Morgan fingerprint density at radius 3 is 2.43 bits per heavy atom. The normalized spacial score (nSPS) is 10.8. The van der Waals surface area contributed by atoms with E-state index in [2.05, 4.69) is 0 Å². The van der Waals surface area contributed by atoms with Gasteiger partial charge in [0.05, 0.1) is 24.7 Å². The smallest absolute Gasteiger partial charge is 0.269 e. The fourth-order valence-corrected chi connectivity index (χ4v) is 2.60. The molecule has 2 aromatic carbocycles. The van der Waals surface area contributed by atoms with Crippen LogP contribution in [-0.4, -0.2) is 24.9 Å². The van der Waals surface area contributed by atoms with Crippen LogP contribution in [0.25, 0.3) is 17.4 Å². The molecule has 0 fully saturated rings. The molecule has 0 saturated carbocycles. The van der Waals surface area contributed by atoms with E-state index in [0.29, 0.717) is 34.1 Å². The summed E-state index contributed by atoms with van der Waals surface area (Å²) in [4.78, 5) is 22.8. The highest BCUT2D eigenvalue weighted by Crippen LogP contribution is 2.27. The van der Waals surface area contributed by atoms with Gasteiger partial charge in [0.2, 0.25) is 0 Å². The van der Waals surface area contributed by atoms with Crippen LogP contribution < -0.4 is 9.47 Å². The maximum absolute atomic E-state index is 12.5. The Morgan fingerprint density at radius 1 is 1.04 bits per heavy atom. The number of hydrogen-bond acceptors (Lipinski definition) is 6. The van der Waals surface area contributed by atoms with E-state index in [9.17, 15) is 14.9 Å². The molecule has 0 aliphatic carbocycles. The first-order valence-electron chi connectivity index (χ1n) is 8.31. The fourth-order valence-electron chi connectivity index (χ4n) is 2.60. The summed E-state index contributed by atoms with van der Waals surface area (Å²) in [6.07, 6.45) is 2.94. The summed E-state index contributed by atoms with van der Waals surface area (Å²) in [6.45, 7) is 0. The third kappa shape index (κ3) is 4.09. The van der Waals surface area contributed by atoms with Crippen molar-refractivity contribution in [1.82, 2.24) is 0 Å². The Hall–Kier alpha value is -3.87. The summed E-state index contributed by atoms with van der Waals surface area (Å²) >= 11 is 0. The van der Waals surface area contributed by atoms with Gasteiger partial charge in [-0.25, -0.2) is 0 Å². The maximum atomic E-state index is 12.5. The third-order valence-electron chi connectivity index (χ3n) is 4.06. The van der Waals surface area contributed by atoms with Crippen molar-refractivity contribution in [3.63, 3.8) is 0 Å². The molecule has 1 heterocycles. The molecule has 7 nitrogen and oxygen atoms in total. The highest BCUT2D eigenvalue weighted by Gasteiger charge is 2.12. The molecule has 0 spiro atoms. The van der Waals surface area contributed by atoms with Gasteiger partial charge in [-0.2, -0.15) is 0 Å². The van der Waals surface area contributed by atoms with Crippen LogP contribution in [0.4, 0.5) is 5.69 Å².